The van der Waals surface area contributed by atoms with Gasteiger partial charge in [-0.3, -0.25) is 0 Å². The molecule has 18 heavy (non-hydrogen) atoms. The van der Waals surface area contributed by atoms with E-state index in [1.54, 1.807) is 11.3 Å². The van der Waals surface area contributed by atoms with Crippen molar-refractivity contribution in [1.82, 2.24) is 4.98 Å². The predicted octanol–water partition coefficient (Wildman–Crippen LogP) is 3.49. The monoisotopic (exact) mass is 267 g/mol. The summed E-state index contributed by atoms with van der Waals surface area (Å²) in [6, 6.07) is 0.676. The average Bonchev–Trinajstić information content (AvgIpc) is 2.83. The lowest BCUT2D eigenvalue weighted by molar-refractivity contribution is 0.427. The van der Waals surface area contributed by atoms with Crippen molar-refractivity contribution in [3.05, 3.63) is 10.6 Å². The van der Waals surface area contributed by atoms with Crippen LogP contribution < -0.4 is 10.6 Å². The zero-order valence-electron chi connectivity index (χ0n) is 11.8. The molecule has 4 heteroatoms. The lowest BCUT2D eigenvalue weighted by atomic mass is 9.95. The molecular formula is C14H25N3S. The van der Waals surface area contributed by atoms with Gasteiger partial charge in [0.25, 0.3) is 0 Å². The molecule has 102 valence electrons. The number of rotatable bonds is 4. The molecule has 0 bridgehead atoms. The fourth-order valence-electron chi connectivity index (χ4n) is 2.72. The van der Waals surface area contributed by atoms with Crippen LogP contribution in [0.3, 0.4) is 0 Å². The number of aromatic nitrogens is 1. The second kappa shape index (κ2) is 6.02. The number of anilines is 1. The number of thiazole rings is 1. The van der Waals surface area contributed by atoms with Gasteiger partial charge in [-0.15, -0.1) is 11.3 Å². The molecule has 1 aromatic rings. The maximum absolute atomic E-state index is 5.83. The van der Waals surface area contributed by atoms with Gasteiger partial charge in [-0.1, -0.05) is 33.1 Å². The molecule has 2 rings (SSSR count). The van der Waals surface area contributed by atoms with Gasteiger partial charge in [0.15, 0.2) is 5.13 Å². The Labute approximate surface area is 114 Å². The Morgan fingerprint density at radius 3 is 2.50 bits per heavy atom. The number of hydrogen-bond donors (Lipinski definition) is 1. The third kappa shape index (κ3) is 2.86. The Morgan fingerprint density at radius 1 is 1.33 bits per heavy atom. The SMILES string of the molecule is CC(C)c1nc(N(C)C2CCCCC2)sc1CN. The minimum Gasteiger partial charge on any atom is -0.348 e. The van der Waals surface area contributed by atoms with Crippen molar-refractivity contribution in [2.75, 3.05) is 11.9 Å². The summed E-state index contributed by atoms with van der Waals surface area (Å²) >= 11 is 1.78. The van der Waals surface area contributed by atoms with Crippen molar-refractivity contribution in [2.45, 2.75) is 64.5 Å². The lowest BCUT2D eigenvalue weighted by Gasteiger charge is -2.30. The highest BCUT2D eigenvalue weighted by Crippen LogP contribution is 2.33. The number of hydrogen-bond acceptors (Lipinski definition) is 4. The highest BCUT2D eigenvalue weighted by molar-refractivity contribution is 7.15. The second-order valence-electron chi connectivity index (χ2n) is 5.57. The summed E-state index contributed by atoms with van der Waals surface area (Å²) in [5, 5.41) is 1.16. The van der Waals surface area contributed by atoms with Crippen molar-refractivity contribution >= 4 is 16.5 Å². The van der Waals surface area contributed by atoms with Crippen LogP contribution in [-0.2, 0) is 6.54 Å². The normalized spacial score (nSPS) is 17.4. The second-order valence-corrected chi connectivity index (χ2v) is 6.63. The highest BCUT2D eigenvalue weighted by Gasteiger charge is 2.22. The zero-order chi connectivity index (χ0) is 13.1. The minimum atomic E-state index is 0.466. The van der Waals surface area contributed by atoms with Crippen LogP contribution in [0.2, 0.25) is 0 Å². The molecule has 1 aliphatic carbocycles. The van der Waals surface area contributed by atoms with Crippen LogP contribution in [0.5, 0.6) is 0 Å². The van der Waals surface area contributed by atoms with E-state index in [9.17, 15) is 0 Å². The van der Waals surface area contributed by atoms with Crippen molar-refractivity contribution in [3.63, 3.8) is 0 Å². The third-order valence-electron chi connectivity index (χ3n) is 3.87. The minimum absolute atomic E-state index is 0.466. The molecule has 1 heterocycles. The molecule has 0 radical (unpaired) electrons. The first-order chi connectivity index (χ1) is 8.63. The molecule has 3 nitrogen and oxygen atoms in total. The van der Waals surface area contributed by atoms with Crippen molar-refractivity contribution < 1.29 is 0 Å². The van der Waals surface area contributed by atoms with E-state index in [1.807, 2.05) is 0 Å². The Balaban J connectivity index is 2.16. The van der Waals surface area contributed by atoms with Gasteiger partial charge in [0.05, 0.1) is 5.69 Å². The third-order valence-corrected chi connectivity index (χ3v) is 5.06. The maximum atomic E-state index is 5.83. The van der Waals surface area contributed by atoms with E-state index in [-0.39, 0.29) is 0 Å². The molecule has 1 aliphatic rings. The topological polar surface area (TPSA) is 42.2 Å². The summed E-state index contributed by atoms with van der Waals surface area (Å²) in [5.41, 5.74) is 7.03. The van der Waals surface area contributed by atoms with Crippen molar-refractivity contribution in [1.29, 1.82) is 0 Å². The molecule has 2 N–H and O–H groups in total. The van der Waals surface area contributed by atoms with Gasteiger partial charge in [-0.2, -0.15) is 0 Å². The van der Waals surface area contributed by atoms with E-state index in [4.69, 9.17) is 10.7 Å². The summed E-state index contributed by atoms with van der Waals surface area (Å²) in [7, 11) is 2.19. The fourth-order valence-corrected chi connectivity index (χ4v) is 3.85. The van der Waals surface area contributed by atoms with Gasteiger partial charge < -0.3 is 10.6 Å². The molecule has 0 unspecified atom stereocenters. The Kier molecular flexibility index (Phi) is 4.62. The first kappa shape index (κ1) is 13.8. The molecule has 0 amide bonds. The highest BCUT2D eigenvalue weighted by atomic mass is 32.1. The first-order valence-electron chi connectivity index (χ1n) is 7.06. The van der Waals surface area contributed by atoms with E-state index in [0.717, 1.165) is 5.13 Å². The quantitative estimate of drug-likeness (QED) is 0.908. The smallest absolute Gasteiger partial charge is 0.185 e. The molecular weight excluding hydrogens is 242 g/mol. The molecule has 0 saturated heterocycles. The van der Waals surface area contributed by atoms with Crippen LogP contribution in [0, 0.1) is 0 Å². The number of nitrogens with zero attached hydrogens (tertiary/aromatic N) is 2. The van der Waals surface area contributed by atoms with Gasteiger partial charge in [0.2, 0.25) is 0 Å². The molecule has 0 atom stereocenters. The molecule has 0 aromatic carbocycles. The van der Waals surface area contributed by atoms with Gasteiger partial charge in [0, 0.05) is 24.5 Å². The van der Waals surface area contributed by atoms with Gasteiger partial charge >= 0.3 is 0 Å². The summed E-state index contributed by atoms with van der Waals surface area (Å²) < 4.78 is 0. The van der Waals surface area contributed by atoms with E-state index in [1.165, 1.54) is 42.7 Å². The first-order valence-corrected chi connectivity index (χ1v) is 7.87. The van der Waals surface area contributed by atoms with E-state index < -0.39 is 0 Å². The predicted molar refractivity (Wildman–Crippen MR) is 79.4 cm³/mol. The van der Waals surface area contributed by atoms with Crippen molar-refractivity contribution in [3.8, 4) is 0 Å². The standard InChI is InChI=1S/C14H25N3S/c1-10(2)13-12(9-15)18-14(16-13)17(3)11-7-5-4-6-8-11/h10-11H,4-9,15H2,1-3H3. The van der Waals surface area contributed by atoms with E-state index in [0.29, 0.717) is 18.5 Å². The Hall–Kier alpha value is -0.610. The van der Waals surface area contributed by atoms with Gasteiger partial charge in [0.1, 0.15) is 0 Å². The largest absolute Gasteiger partial charge is 0.348 e. The van der Waals surface area contributed by atoms with Crippen LogP contribution in [-0.4, -0.2) is 18.1 Å². The summed E-state index contributed by atoms with van der Waals surface area (Å²) in [5.74, 6) is 0.466. The number of nitrogens with two attached hydrogens (primary N) is 1. The van der Waals surface area contributed by atoms with Crippen LogP contribution in [0.25, 0.3) is 0 Å². The molecule has 1 aromatic heterocycles. The fraction of sp³-hybridized carbons (Fsp3) is 0.786. The van der Waals surface area contributed by atoms with Crippen LogP contribution in [0.4, 0.5) is 5.13 Å². The summed E-state index contributed by atoms with van der Waals surface area (Å²) in [6.45, 7) is 5.00. The zero-order valence-corrected chi connectivity index (χ0v) is 12.6. The Bertz CT molecular complexity index is 380. The molecule has 0 spiro atoms. The summed E-state index contributed by atoms with van der Waals surface area (Å²) in [4.78, 5) is 8.46. The molecule has 0 aliphatic heterocycles. The van der Waals surface area contributed by atoms with Crippen molar-refractivity contribution in [2.24, 2.45) is 5.73 Å². The molecule has 1 fully saturated rings. The van der Waals surface area contributed by atoms with Gasteiger partial charge in [-0.05, 0) is 18.8 Å². The van der Waals surface area contributed by atoms with Crippen LogP contribution >= 0.6 is 11.3 Å². The molecule has 1 saturated carbocycles. The van der Waals surface area contributed by atoms with Gasteiger partial charge in [-0.25, -0.2) is 4.98 Å². The average molecular weight is 267 g/mol. The Morgan fingerprint density at radius 2 is 2.00 bits per heavy atom. The van der Waals surface area contributed by atoms with E-state index in [2.05, 4.69) is 25.8 Å². The maximum Gasteiger partial charge on any atom is 0.185 e. The van der Waals surface area contributed by atoms with Crippen LogP contribution in [0.15, 0.2) is 0 Å². The van der Waals surface area contributed by atoms with Crippen LogP contribution in [0.1, 0.15) is 62.4 Å². The lowest BCUT2D eigenvalue weighted by Crippen LogP contribution is -2.33. The summed E-state index contributed by atoms with van der Waals surface area (Å²) in [6.07, 6.45) is 6.74. The van der Waals surface area contributed by atoms with E-state index >= 15 is 0 Å².